The number of fused-ring (bicyclic) bond motifs is 2. The van der Waals surface area contributed by atoms with Gasteiger partial charge in [-0.2, -0.15) is 8.78 Å². The van der Waals surface area contributed by atoms with Crippen molar-refractivity contribution in [2.24, 2.45) is 12.5 Å². The minimum Gasteiger partial charge on any atom is -0.371 e. The lowest BCUT2D eigenvalue weighted by Gasteiger charge is -2.37. The molecule has 400 valence electrons. The minimum absolute atomic E-state index is 0.0523. The number of imidazole rings is 1. The molecule has 5 amide bonds. The average molecular weight is 1080 g/mol. The van der Waals surface area contributed by atoms with Gasteiger partial charge in [0.2, 0.25) is 23.6 Å². The molecule has 9 rings (SSSR count). The minimum atomic E-state index is -5.86. The number of nitrogens with one attached hydrogen (secondary N) is 2. The lowest BCUT2D eigenvalue weighted by atomic mass is 9.85. The molecule has 1 unspecified atom stereocenters. The van der Waals surface area contributed by atoms with Crippen LogP contribution in [0.3, 0.4) is 0 Å². The molecule has 5 aromatic rings. The Morgan fingerprint density at radius 1 is 0.907 bits per heavy atom. The van der Waals surface area contributed by atoms with E-state index in [1.54, 1.807) is 32.7 Å². The summed E-state index contributed by atoms with van der Waals surface area (Å²) in [7, 11) is -4.21. The molecule has 2 aromatic heterocycles. The largest absolute Gasteiger partial charge is 0.399 e. The van der Waals surface area contributed by atoms with Crippen molar-refractivity contribution in [2.45, 2.75) is 94.8 Å². The van der Waals surface area contributed by atoms with Crippen LogP contribution in [0.5, 0.6) is 0 Å². The fourth-order valence-corrected chi connectivity index (χ4v) is 12.1. The quantitative estimate of drug-likeness (QED) is 0.0853. The predicted molar refractivity (Wildman–Crippen MR) is 272 cm³/mol. The molecule has 3 aromatic carbocycles. The number of aryl methyl sites for hydroxylation is 1. The van der Waals surface area contributed by atoms with Gasteiger partial charge in [-0.15, -0.1) is 11.3 Å². The number of morpholine rings is 1. The molecule has 0 aliphatic carbocycles. The second-order valence-corrected chi connectivity index (χ2v) is 23.6. The summed E-state index contributed by atoms with van der Waals surface area (Å²) >= 11 is 0.946. The van der Waals surface area contributed by atoms with Gasteiger partial charge in [0.25, 0.3) is 5.91 Å². The summed E-state index contributed by atoms with van der Waals surface area (Å²) < 4.78 is 56.6. The van der Waals surface area contributed by atoms with E-state index in [2.05, 4.69) is 10.6 Å². The third kappa shape index (κ3) is 11.0. The third-order valence-electron chi connectivity index (χ3n) is 14.9. The van der Waals surface area contributed by atoms with E-state index in [1.807, 2.05) is 53.4 Å². The van der Waals surface area contributed by atoms with Gasteiger partial charge >= 0.3 is 18.9 Å². The zero-order chi connectivity index (χ0) is 53.7. The molecule has 0 spiro atoms. The molecule has 4 fully saturated rings. The molecular formula is C52H60F2N7O12PS. The normalized spacial score (nSPS) is 21.9. The highest BCUT2D eigenvalue weighted by Crippen LogP contribution is 2.59. The number of rotatable bonds is 14. The Kier molecular flexibility index (Phi) is 15.2. The van der Waals surface area contributed by atoms with Crippen LogP contribution >= 0.6 is 18.9 Å². The molecule has 19 nitrogen and oxygen atoms in total. The molecular weight excluding hydrogens is 1020 g/mol. The molecule has 0 radical (unpaired) electrons. The van der Waals surface area contributed by atoms with Crippen LogP contribution in [0.25, 0.3) is 21.1 Å². The molecule has 4 aliphatic heterocycles. The van der Waals surface area contributed by atoms with Crippen molar-refractivity contribution in [1.29, 1.82) is 0 Å². The number of aromatic nitrogens is 2. The SMILES string of the molecule is Cn1c(=O)n(C2CCC(=O)NC2=O)c2ccc(C3CCN(C(=O)CO[C@@H]4CCN(C(=O)[C@@H](NC(=O)c5cc6cc(C(F)(F)P(=O)(O)O)ccc6s5)C(C)(C)C)[C@@H]4C(=O)CN4CCO[C@H](c5ccccc5)C4)CC3)cc21. The van der Waals surface area contributed by atoms with E-state index < -0.39 is 66.2 Å². The first kappa shape index (κ1) is 53.8. The fourth-order valence-electron chi connectivity index (χ4n) is 10.7. The number of carbonyl (C=O) groups excluding carboxylic acids is 6. The van der Waals surface area contributed by atoms with Crippen molar-refractivity contribution in [3.8, 4) is 0 Å². The fraction of sp³-hybridized carbons (Fsp3) is 0.481. The van der Waals surface area contributed by atoms with E-state index >= 15 is 0 Å². The van der Waals surface area contributed by atoms with E-state index in [9.17, 15) is 56.7 Å². The predicted octanol–water partition coefficient (Wildman–Crippen LogP) is 4.94. The average Bonchev–Trinajstić information content (AvgIpc) is 4.08. The number of likely N-dealkylation sites (tertiary alicyclic amines) is 2. The van der Waals surface area contributed by atoms with Gasteiger partial charge in [-0.25, -0.2) is 4.79 Å². The zero-order valence-electron chi connectivity index (χ0n) is 41.9. The smallest absolute Gasteiger partial charge is 0.371 e. The number of hydrogen-bond acceptors (Lipinski definition) is 12. The summed E-state index contributed by atoms with van der Waals surface area (Å²) in [4.78, 5) is 119. The van der Waals surface area contributed by atoms with Gasteiger partial charge in [0.1, 0.15) is 24.7 Å². The molecule has 23 heteroatoms. The lowest BCUT2D eigenvalue weighted by Crippen LogP contribution is -2.59. The van der Waals surface area contributed by atoms with E-state index in [0.29, 0.717) is 61.4 Å². The number of amides is 5. The number of nitrogens with zero attached hydrogens (tertiary/aromatic N) is 5. The number of hydrogen-bond donors (Lipinski definition) is 4. The van der Waals surface area contributed by atoms with Crippen molar-refractivity contribution in [3.05, 3.63) is 105 Å². The summed E-state index contributed by atoms with van der Waals surface area (Å²) in [6.07, 6.45) is 0.629. The molecule has 5 atom stereocenters. The van der Waals surface area contributed by atoms with E-state index in [1.165, 1.54) is 26.2 Å². The van der Waals surface area contributed by atoms with Gasteiger partial charge in [-0.3, -0.25) is 52.7 Å². The maximum atomic E-state index is 14.9. The first-order valence-corrected chi connectivity index (χ1v) is 27.4. The topological polar surface area (TPSA) is 239 Å². The number of imide groups is 1. The first-order chi connectivity index (χ1) is 35.5. The highest BCUT2D eigenvalue weighted by Gasteiger charge is 2.51. The van der Waals surface area contributed by atoms with Gasteiger partial charge in [-0.1, -0.05) is 63.2 Å². The monoisotopic (exact) mass is 1080 g/mol. The number of ketones is 1. The van der Waals surface area contributed by atoms with Crippen LogP contribution in [0, 0.1) is 5.41 Å². The molecule has 0 saturated carbocycles. The number of halogens is 2. The van der Waals surface area contributed by atoms with Crippen molar-refractivity contribution in [3.63, 3.8) is 0 Å². The summed E-state index contributed by atoms with van der Waals surface area (Å²) in [5.74, 6) is -2.69. The molecule has 75 heavy (non-hydrogen) atoms. The molecule has 4 saturated heterocycles. The van der Waals surface area contributed by atoms with Crippen molar-refractivity contribution < 1.29 is 61.4 Å². The Hall–Kier alpha value is -6.00. The molecule has 6 heterocycles. The van der Waals surface area contributed by atoms with Crippen LogP contribution < -0.4 is 16.3 Å². The van der Waals surface area contributed by atoms with Crippen molar-refractivity contribution in [1.82, 2.24) is 34.5 Å². The Morgan fingerprint density at radius 2 is 1.64 bits per heavy atom. The zero-order valence-corrected chi connectivity index (χ0v) is 43.6. The number of Topliss-reactive ketones (excluding diaryl/α,β-unsaturated/α-hetero) is 1. The highest BCUT2D eigenvalue weighted by molar-refractivity contribution is 7.52. The molecule has 4 N–H and O–H groups in total. The second kappa shape index (κ2) is 21.2. The maximum absolute atomic E-state index is 14.9. The summed E-state index contributed by atoms with van der Waals surface area (Å²) in [6, 6.07) is 16.5. The summed E-state index contributed by atoms with van der Waals surface area (Å²) in [5.41, 5.74) is -3.50. The Balaban J connectivity index is 0.890. The van der Waals surface area contributed by atoms with Gasteiger partial charge in [0.15, 0.2) is 5.78 Å². The number of ether oxygens (including phenoxy) is 2. The number of alkyl halides is 2. The maximum Gasteiger partial charge on any atom is 0.399 e. The Labute approximate surface area is 434 Å². The Bertz CT molecular complexity index is 3160. The van der Waals surface area contributed by atoms with Gasteiger partial charge in [0.05, 0.1) is 41.3 Å². The summed E-state index contributed by atoms with van der Waals surface area (Å²) in [6.45, 7) is 6.95. The second-order valence-electron chi connectivity index (χ2n) is 20.9. The van der Waals surface area contributed by atoms with Crippen LogP contribution in [0.1, 0.15) is 97.3 Å². The Morgan fingerprint density at radius 3 is 2.33 bits per heavy atom. The first-order valence-electron chi connectivity index (χ1n) is 24.9. The van der Waals surface area contributed by atoms with Crippen molar-refractivity contribution in [2.75, 3.05) is 52.5 Å². The van der Waals surface area contributed by atoms with E-state index in [-0.39, 0.29) is 84.5 Å². The van der Waals surface area contributed by atoms with Gasteiger partial charge < -0.3 is 34.4 Å². The van der Waals surface area contributed by atoms with Crippen LogP contribution in [0.4, 0.5) is 8.78 Å². The third-order valence-corrected chi connectivity index (χ3v) is 17.0. The summed E-state index contributed by atoms with van der Waals surface area (Å²) in [5, 5.41) is 5.30. The molecule has 4 aliphatic rings. The number of thiophene rings is 1. The van der Waals surface area contributed by atoms with Crippen LogP contribution in [-0.2, 0) is 50.7 Å². The van der Waals surface area contributed by atoms with Gasteiger partial charge in [-0.05, 0) is 83.9 Å². The van der Waals surface area contributed by atoms with Crippen LogP contribution in [0.2, 0.25) is 0 Å². The van der Waals surface area contributed by atoms with Crippen molar-refractivity contribution >= 4 is 75.4 Å². The lowest BCUT2D eigenvalue weighted by molar-refractivity contribution is -0.147. The number of carbonyl (C=O) groups is 6. The van der Waals surface area contributed by atoms with E-state index in [0.717, 1.165) is 34.6 Å². The van der Waals surface area contributed by atoms with Crippen LogP contribution in [0.15, 0.2) is 77.6 Å². The standard InChI is InChI=1S/C52H60F2N7O12PS/c1-51(2,3)46(56-48(66)42-26-33-24-34(11-14-41(33)75-42)52(53,54)74(69,70)71)49(67)60-21-18-39(45(60)38(62)27-58-22-23-72-40(28-58)31-8-6-5-7-9-31)73-29-44(64)59-19-16-30(17-20-59)32-10-12-35-37(25-32)57(4)50(68)61(35)36-13-15-43(63)55-47(36)65/h5-12,14,24-26,30,36,39-40,45-46H,13,15-23,27-29H2,1-4H3,(H,56,66)(H,55,63,65)(H2,69,70,71)/t36?,39-,40+,45-,46-/m1/s1. The number of piperidine rings is 2. The van der Waals surface area contributed by atoms with Crippen LogP contribution in [-0.4, -0.2) is 140 Å². The highest BCUT2D eigenvalue weighted by atomic mass is 32.1. The van der Waals surface area contributed by atoms with Gasteiger partial charge in [0, 0.05) is 56.5 Å². The molecule has 0 bridgehead atoms. The number of benzene rings is 3. The van der Waals surface area contributed by atoms with E-state index in [4.69, 9.17) is 9.47 Å².